The van der Waals surface area contributed by atoms with Gasteiger partial charge in [0.05, 0.1) is 6.04 Å². The molecule has 1 aliphatic heterocycles. The molecule has 120 valence electrons. The first kappa shape index (κ1) is 16.8. The first-order valence-electron chi connectivity index (χ1n) is 7.29. The lowest BCUT2D eigenvalue weighted by atomic mass is 10.1. The van der Waals surface area contributed by atoms with Crippen molar-refractivity contribution in [3.05, 3.63) is 16.1 Å². The summed E-state index contributed by atoms with van der Waals surface area (Å²) >= 11 is 1.49. The molecule has 1 aliphatic rings. The lowest BCUT2D eigenvalue weighted by Gasteiger charge is -2.35. The zero-order valence-electron chi connectivity index (χ0n) is 12.8. The fourth-order valence-electron chi connectivity index (χ4n) is 2.64. The summed E-state index contributed by atoms with van der Waals surface area (Å²) in [5, 5.41) is 5.82. The van der Waals surface area contributed by atoms with Gasteiger partial charge >= 0.3 is 0 Å². The van der Waals surface area contributed by atoms with Gasteiger partial charge in [-0.25, -0.2) is 4.98 Å². The maximum absolute atomic E-state index is 12.6. The Balaban J connectivity index is 2.09. The molecule has 0 saturated carbocycles. The highest BCUT2D eigenvalue weighted by molar-refractivity contribution is 7.87. The van der Waals surface area contributed by atoms with E-state index in [1.165, 1.54) is 11.3 Å². The Morgan fingerprint density at radius 3 is 2.90 bits per heavy atom. The van der Waals surface area contributed by atoms with Crippen LogP contribution in [-0.2, 0) is 10.2 Å². The number of rotatable bonds is 6. The van der Waals surface area contributed by atoms with Crippen molar-refractivity contribution in [3.63, 3.8) is 0 Å². The Labute approximate surface area is 131 Å². The van der Waals surface area contributed by atoms with Crippen LogP contribution in [0.5, 0.6) is 0 Å². The zero-order valence-corrected chi connectivity index (χ0v) is 14.4. The Hall–Kier alpha value is -0.540. The second kappa shape index (κ2) is 7.15. The molecule has 6 nitrogen and oxygen atoms in total. The van der Waals surface area contributed by atoms with Crippen molar-refractivity contribution in [1.82, 2.24) is 19.3 Å². The molecule has 1 saturated heterocycles. The van der Waals surface area contributed by atoms with E-state index in [-0.39, 0.29) is 12.1 Å². The van der Waals surface area contributed by atoms with E-state index < -0.39 is 10.2 Å². The number of nitrogens with one attached hydrogen (secondary N) is 2. The normalized spacial score (nSPS) is 22.3. The highest BCUT2D eigenvalue weighted by atomic mass is 32.2. The predicted molar refractivity (Wildman–Crippen MR) is 85.6 cm³/mol. The van der Waals surface area contributed by atoms with Gasteiger partial charge in [0, 0.05) is 30.2 Å². The van der Waals surface area contributed by atoms with Crippen LogP contribution >= 0.6 is 11.3 Å². The average molecular weight is 332 g/mol. The highest BCUT2D eigenvalue weighted by Crippen LogP contribution is 2.23. The molecule has 2 N–H and O–H groups in total. The molecule has 0 amide bonds. The Morgan fingerprint density at radius 1 is 1.52 bits per heavy atom. The molecule has 0 bridgehead atoms. The SMILES string of the molecule is CNCC1CCCCN1S(=O)(=O)NC(C)c1nc(C)cs1. The number of hydrogen-bond donors (Lipinski definition) is 2. The van der Waals surface area contributed by atoms with Gasteiger partial charge in [-0.1, -0.05) is 6.42 Å². The highest BCUT2D eigenvalue weighted by Gasteiger charge is 2.33. The number of hydrogen-bond acceptors (Lipinski definition) is 5. The van der Waals surface area contributed by atoms with Crippen LogP contribution in [0, 0.1) is 6.92 Å². The number of aryl methyl sites for hydroxylation is 1. The Kier molecular flexibility index (Phi) is 5.73. The van der Waals surface area contributed by atoms with Crippen LogP contribution in [0.3, 0.4) is 0 Å². The summed E-state index contributed by atoms with van der Waals surface area (Å²) in [6.07, 6.45) is 2.91. The van der Waals surface area contributed by atoms with Crippen molar-refractivity contribution in [2.75, 3.05) is 20.1 Å². The molecule has 2 atom stereocenters. The van der Waals surface area contributed by atoms with Crippen LogP contribution < -0.4 is 10.0 Å². The maximum atomic E-state index is 12.6. The molecule has 1 fully saturated rings. The number of thiazole rings is 1. The van der Waals surface area contributed by atoms with E-state index in [1.807, 2.05) is 26.3 Å². The molecule has 2 rings (SSSR count). The average Bonchev–Trinajstić information content (AvgIpc) is 2.86. The van der Waals surface area contributed by atoms with E-state index in [0.717, 1.165) is 30.0 Å². The smallest absolute Gasteiger partial charge is 0.280 e. The van der Waals surface area contributed by atoms with Gasteiger partial charge in [0.25, 0.3) is 10.2 Å². The van der Waals surface area contributed by atoms with Crippen molar-refractivity contribution in [2.45, 2.75) is 45.2 Å². The number of likely N-dealkylation sites (N-methyl/N-ethyl adjacent to an activating group) is 1. The molecule has 1 aromatic heterocycles. The van der Waals surface area contributed by atoms with Gasteiger partial charge < -0.3 is 5.32 Å². The van der Waals surface area contributed by atoms with Gasteiger partial charge in [-0.05, 0) is 33.7 Å². The molecule has 0 aliphatic carbocycles. The predicted octanol–water partition coefficient (Wildman–Crippen LogP) is 1.42. The lowest BCUT2D eigenvalue weighted by molar-refractivity contribution is 0.245. The summed E-state index contributed by atoms with van der Waals surface area (Å²) in [6, 6.07) is -0.266. The lowest BCUT2D eigenvalue weighted by Crippen LogP contribution is -2.52. The summed E-state index contributed by atoms with van der Waals surface area (Å²) in [7, 11) is -1.63. The second-order valence-corrected chi connectivity index (χ2v) is 8.03. The monoisotopic (exact) mass is 332 g/mol. The van der Waals surface area contributed by atoms with Crippen LogP contribution in [0.4, 0.5) is 0 Å². The number of nitrogens with zero attached hydrogens (tertiary/aromatic N) is 2. The van der Waals surface area contributed by atoms with E-state index in [9.17, 15) is 8.42 Å². The second-order valence-electron chi connectivity index (χ2n) is 5.49. The van der Waals surface area contributed by atoms with E-state index >= 15 is 0 Å². The molecule has 2 unspecified atom stereocenters. The van der Waals surface area contributed by atoms with Crippen molar-refractivity contribution < 1.29 is 8.42 Å². The van der Waals surface area contributed by atoms with Crippen molar-refractivity contribution in [3.8, 4) is 0 Å². The molecule has 2 heterocycles. The van der Waals surface area contributed by atoms with Crippen LogP contribution in [-0.4, -0.2) is 43.9 Å². The minimum absolute atomic E-state index is 0.0338. The van der Waals surface area contributed by atoms with E-state index in [0.29, 0.717) is 13.1 Å². The van der Waals surface area contributed by atoms with Crippen molar-refractivity contribution in [2.24, 2.45) is 0 Å². The summed E-state index contributed by atoms with van der Waals surface area (Å²) in [5.74, 6) is 0. The first-order chi connectivity index (χ1) is 9.94. The molecule has 0 aromatic carbocycles. The summed E-state index contributed by atoms with van der Waals surface area (Å²) in [4.78, 5) is 4.36. The topological polar surface area (TPSA) is 74.3 Å². The molecule has 0 radical (unpaired) electrons. The molecular formula is C13H24N4O2S2. The van der Waals surface area contributed by atoms with Gasteiger partial charge in [-0.15, -0.1) is 11.3 Å². The number of aromatic nitrogens is 1. The molecule has 21 heavy (non-hydrogen) atoms. The first-order valence-corrected chi connectivity index (χ1v) is 9.61. The van der Waals surface area contributed by atoms with E-state index in [4.69, 9.17) is 0 Å². The van der Waals surface area contributed by atoms with Crippen LogP contribution in [0.1, 0.15) is 42.9 Å². The summed E-state index contributed by atoms with van der Waals surface area (Å²) in [6.45, 7) is 5.03. The maximum Gasteiger partial charge on any atom is 0.280 e. The molecular weight excluding hydrogens is 308 g/mol. The van der Waals surface area contributed by atoms with Gasteiger partial charge in [0.2, 0.25) is 0 Å². The standard InChI is InChI=1S/C13H24N4O2S2/c1-10-9-20-13(15-10)11(2)16-21(18,19)17-7-5-4-6-12(17)8-14-3/h9,11-12,14,16H,4-8H2,1-3H3. The van der Waals surface area contributed by atoms with Crippen LogP contribution in [0.25, 0.3) is 0 Å². The Bertz CT molecular complexity index is 556. The molecule has 0 spiro atoms. The third-order valence-corrected chi connectivity index (χ3v) is 6.55. The van der Waals surface area contributed by atoms with E-state index in [1.54, 1.807) is 4.31 Å². The van der Waals surface area contributed by atoms with Gasteiger partial charge in [-0.3, -0.25) is 0 Å². The Morgan fingerprint density at radius 2 is 2.29 bits per heavy atom. The minimum atomic E-state index is -3.48. The molecule has 1 aromatic rings. The van der Waals surface area contributed by atoms with Crippen LogP contribution in [0.15, 0.2) is 5.38 Å². The molecule has 8 heteroatoms. The van der Waals surface area contributed by atoms with Gasteiger partial charge in [0.15, 0.2) is 0 Å². The fourth-order valence-corrected chi connectivity index (χ4v) is 5.16. The van der Waals surface area contributed by atoms with Gasteiger partial charge in [0.1, 0.15) is 5.01 Å². The third-order valence-electron chi connectivity index (χ3n) is 3.65. The summed E-state index contributed by atoms with van der Waals surface area (Å²) in [5.41, 5.74) is 0.923. The van der Waals surface area contributed by atoms with Crippen molar-refractivity contribution >= 4 is 21.5 Å². The van der Waals surface area contributed by atoms with Crippen LogP contribution in [0.2, 0.25) is 0 Å². The minimum Gasteiger partial charge on any atom is -0.318 e. The summed E-state index contributed by atoms with van der Waals surface area (Å²) < 4.78 is 29.6. The van der Waals surface area contributed by atoms with E-state index in [2.05, 4.69) is 15.0 Å². The third kappa shape index (κ3) is 4.23. The van der Waals surface area contributed by atoms with Gasteiger partial charge in [-0.2, -0.15) is 17.4 Å². The number of piperidine rings is 1. The van der Waals surface area contributed by atoms with Crippen molar-refractivity contribution in [1.29, 1.82) is 0 Å². The fraction of sp³-hybridized carbons (Fsp3) is 0.769. The quantitative estimate of drug-likeness (QED) is 0.826. The largest absolute Gasteiger partial charge is 0.318 e. The zero-order chi connectivity index (χ0) is 15.5.